The molecular weight excluding hydrogens is 681 g/mol. The molecule has 2 aromatic heterocycles. The van der Waals surface area contributed by atoms with E-state index in [-0.39, 0.29) is 5.56 Å². The smallest absolute Gasteiger partial charge is 0.263 e. The Kier molecular flexibility index (Phi) is 7.01. The number of para-hydroxylation sites is 2. The number of nitrogens with zero attached hydrogens (tertiary/aromatic N) is 2. The van der Waals surface area contributed by atoms with Crippen molar-refractivity contribution in [1.29, 1.82) is 0 Å². The minimum absolute atomic E-state index is 0.0118. The summed E-state index contributed by atoms with van der Waals surface area (Å²) in [6.07, 6.45) is 1.82. The quantitative estimate of drug-likeness (QED) is 0.129. The van der Waals surface area contributed by atoms with Crippen LogP contribution in [0.25, 0.3) is 109 Å². The second kappa shape index (κ2) is 12.3. The Labute approximate surface area is 322 Å². The first-order chi connectivity index (χ1) is 27.6. The van der Waals surface area contributed by atoms with Crippen LogP contribution in [0.4, 0.5) is 0 Å². The lowest BCUT2D eigenvalue weighted by molar-refractivity contribution is 1.06. The maximum atomic E-state index is 13.9. The zero-order valence-corrected chi connectivity index (χ0v) is 30.5. The lowest BCUT2D eigenvalue weighted by Crippen LogP contribution is -2.19. The first-order valence-corrected chi connectivity index (χ1v) is 18.9. The normalized spacial score (nSPS) is 11.8. The Bertz CT molecular complexity index is 3510. The van der Waals surface area contributed by atoms with Gasteiger partial charge in [-0.3, -0.25) is 9.36 Å². The first kappa shape index (κ1) is 32.0. The number of rotatable bonds is 5. The summed E-state index contributed by atoms with van der Waals surface area (Å²) in [5.41, 5.74) is 9.44. The molecule has 56 heavy (non-hydrogen) atoms. The zero-order chi connectivity index (χ0) is 37.5. The van der Waals surface area contributed by atoms with Crippen LogP contribution in [0.2, 0.25) is 0 Å². The van der Waals surface area contributed by atoms with Crippen LogP contribution in [0, 0.1) is 0 Å². The molecule has 0 saturated heterocycles. The molecule has 262 valence electrons. The standard InChI is InChI=1S/C53H34N2O/c1-3-33(2)54-50-20-12-11-18-44(50)49-32-37(23-27-51(49)54)35-22-26-43-42-25-21-34(29-46(42)39-15-7-8-16-40(39)47(43)30-35)36-24-28-52-48(31-36)41-17-9-10-19-45(41)53(56)55(52)38-13-5-4-6-14-38/h3-32H,1-2H2. The lowest BCUT2D eigenvalue weighted by Gasteiger charge is -2.16. The summed E-state index contributed by atoms with van der Waals surface area (Å²) in [5, 5.41) is 12.5. The molecule has 0 aliphatic rings. The molecule has 0 amide bonds. The average Bonchev–Trinajstić information content (AvgIpc) is 3.60. The fraction of sp³-hybridized carbons (Fsp3) is 0. The van der Waals surface area contributed by atoms with Crippen molar-refractivity contribution in [2.45, 2.75) is 0 Å². The molecule has 3 heteroatoms. The minimum Gasteiger partial charge on any atom is -0.310 e. The van der Waals surface area contributed by atoms with Gasteiger partial charge >= 0.3 is 0 Å². The number of aromatic nitrogens is 2. The van der Waals surface area contributed by atoms with E-state index in [4.69, 9.17) is 0 Å². The molecule has 2 heterocycles. The van der Waals surface area contributed by atoms with Gasteiger partial charge in [-0.15, -0.1) is 0 Å². The molecule has 0 N–H and O–H groups in total. The molecule has 0 fully saturated rings. The van der Waals surface area contributed by atoms with Gasteiger partial charge in [0.15, 0.2) is 0 Å². The SMILES string of the molecule is C=CC(=C)n1c2ccccc2c2cc(-c3ccc4c5ccc(-c6ccc7c(c6)c6ccccc6c(=O)n7-c6ccccc6)cc5c5ccccc5c4c3)ccc21. The van der Waals surface area contributed by atoms with Gasteiger partial charge in [-0.2, -0.15) is 0 Å². The summed E-state index contributed by atoms with van der Waals surface area (Å²) >= 11 is 0. The van der Waals surface area contributed by atoms with Crippen LogP contribution in [0.5, 0.6) is 0 Å². The van der Waals surface area contributed by atoms with E-state index in [2.05, 4.69) is 145 Å². The fourth-order valence-electron chi connectivity index (χ4n) is 8.96. The molecule has 11 rings (SSSR count). The number of pyridine rings is 1. The van der Waals surface area contributed by atoms with Crippen LogP contribution in [0.1, 0.15) is 0 Å². The van der Waals surface area contributed by atoms with Crippen LogP contribution >= 0.6 is 0 Å². The number of benzene rings is 9. The monoisotopic (exact) mass is 714 g/mol. The molecule has 3 nitrogen and oxygen atoms in total. The Morgan fingerprint density at radius 2 is 0.804 bits per heavy atom. The third-order valence-electron chi connectivity index (χ3n) is 11.6. The molecule has 0 radical (unpaired) electrons. The molecule has 0 unspecified atom stereocenters. The van der Waals surface area contributed by atoms with E-state index >= 15 is 0 Å². The van der Waals surface area contributed by atoms with E-state index in [0.29, 0.717) is 5.39 Å². The second-order valence-corrected chi connectivity index (χ2v) is 14.6. The van der Waals surface area contributed by atoms with E-state index in [1.165, 1.54) is 54.2 Å². The van der Waals surface area contributed by atoms with E-state index in [9.17, 15) is 4.79 Å². The first-order valence-electron chi connectivity index (χ1n) is 18.9. The van der Waals surface area contributed by atoms with Gasteiger partial charge in [-0.05, 0) is 127 Å². The molecule has 9 aromatic carbocycles. The van der Waals surface area contributed by atoms with Crippen molar-refractivity contribution in [1.82, 2.24) is 9.13 Å². The minimum atomic E-state index is -0.0118. The van der Waals surface area contributed by atoms with Crippen molar-refractivity contribution in [3.05, 3.63) is 206 Å². The van der Waals surface area contributed by atoms with Gasteiger partial charge in [0.2, 0.25) is 0 Å². The summed E-state index contributed by atoms with van der Waals surface area (Å²) < 4.78 is 4.03. The van der Waals surface area contributed by atoms with Crippen LogP contribution in [0.15, 0.2) is 200 Å². The lowest BCUT2D eigenvalue weighted by atomic mass is 9.90. The number of fused-ring (bicyclic) bond motifs is 12. The third kappa shape index (κ3) is 4.68. The predicted molar refractivity (Wildman–Crippen MR) is 239 cm³/mol. The molecule has 11 aromatic rings. The molecule has 0 spiro atoms. The van der Waals surface area contributed by atoms with E-state index in [1.807, 2.05) is 59.2 Å². The summed E-state index contributed by atoms with van der Waals surface area (Å²) in [4.78, 5) is 13.9. The van der Waals surface area contributed by atoms with Crippen molar-refractivity contribution >= 4 is 81.5 Å². The maximum Gasteiger partial charge on any atom is 0.263 e. The Morgan fingerprint density at radius 1 is 0.393 bits per heavy atom. The highest BCUT2D eigenvalue weighted by Gasteiger charge is 2.17. The summed E-state index contributed by atoms with van der Waals surface area (Å²) in [5.74, 6) is 0. The second-order valence-electron chi connectivity index (χ2n) is 14.6. The van der Waals surface area contributed by atoms with Gasteiger partial charge < -0.3 is 4.57 Å². The van der Waals surface area contributed by atoms with Crippen molar-refractivity contribution < 1.29 is 0 Å². The van der Waals surface area contributed by atoms with Crippen LogP contribution in [-0.4, -0.2) is 9.13 Å². The van der Waals surface area contributed by atoms with Gasteiger partial charge in [0.05, 0.1) is 16.6 Å². The largest absolute Gasteiger partial charge is 0.310 e. The van der Waals surface area contributed by atoms with Crippen LogP contribution in [-0.2, 0) is 0 Å². The summed E-state index contributed by atoms with van der Waals surface area (Å²) in [6, 6.07) is 62.1. The molecule has 0 aliphatic heterocycles. The Morgan fingerprint density at radius 3 is 1.39 bits per heavy atom. The molecular formula is C53H34N2O. The van der Waals surface area contributed by atoms with E-state index in [0.717, 1.165) is 49.8 Å². The van der Waals surface area contributed by atoms with E-state index in [1.54, 1.807) is 0 Å². The highest BCUT2D eigenvalue weighted by Crippen LogP contribution is 2.41. The average molecular weight is 715 g/mol. The van der Waals surface area contributed by atoms with Gasteiger partial charge in [0.25, 0.3) is 5.56 Å². The molecule has 0 bridgehead atoms. The fourth-order valence-corrected chi connectivity index (χ4v) is 8.96. The summed E-state index contributed by atoms with van der Waals surface area (Å²) in [6.45, 7) is 8.28. The molecule has 0 aliphatic carbocycles. The molecule has 0 saturated carbocycles. The van der Waals surface area contributed by atoms with Crippen molar-refractivity contribution in [2.24, 2.45) is 0 Å². The van der Waals surface area contributed by atoms with Crippen LogP contribution in [0.3, 0.4) is 0 Å². The van der Waals surface area contributed by atoms with Gasteiger partial charge in [0, 0.05) is 32.9 Å². The maximum absolute atomic E-state index is 13.9. The number of hydrogen-bond acceptors (Lipinski definition) is 1. The number of hydrogen-bond donors (Lipinski definition) is 0. The zero-order valence-electron chi connectivity index (χ0n) is 30.5. The Balaban J connectivity index is 1.08. The summed E-state index contributed by atoms with van der Waals surface area (Å²) in [7, 11) is 0. The van der Waals surface area contributed by atoms with Crippen LogP contribution < -0.4 is 5.56 Å². The third-order valence-corrected chi connectivity index (χ3v) is 11.6. The number of allylic oxidation sites excluding steroid dienone is 2. The van der Waals surface area contributed by atoms with Crippen molar-refractivity contribution in [3.63, 3.8) is 0 Å². The highest BCUT2D eigenvalue weighted by atomic mass is 16.1. The van der Waals surface area contributed by atoms with Crippen molar-refractivity contribution in [2.75, 3.05) is 0 Å². The highest BCUT2D eigenvalue weighted by molar-refractivity contribution is 6.26. The van der Waals surface area contributed by atoms with Crippen molar-refractivity contribution in [3.8, 4) is 27.9 Å². The topological polar surface area (TPSA) is 26.9 Å². The van der Waals surface area contributed by atoms with E-state index < -0.39 is 0 Å². The van der Waals surface area contributed by atoms with Gasteiger partial charge in [-0.25, -0.2) is 0 Å². The van der Waals surface area contributed by atoms with Gasteiger partial charge in [-0.1, -0.05) is 128 Å². The van der Waals surface area contributed by atoms with Gasteiger partial charge in [0.1, 0.15) is 0 Å². The molecule has 0 atom stereocenters. The Hall–Kier alpha value is -7.49. The predicted octanol–water partition coefficient (Wildman–Crippen LogP) is 13.7.